The Hall–Kier alpha value is -2.63. The average Bonchev–Trinajstić information content (AvgIpc) is 2.92. The molecule has 2 N–H and O–H groups in total. The Balaban J connectivity index is 1.65. The topological polar surface area (TPSA) is 86.3 Å². The van der Waals surface area contributed by atoms with E-state index in [1.807, 2.05) is 30.3 Å². The lowest BCUT2D eigenvalue weighted by Crippen LogP contribution is -2.50. The number of aromatic amines is 1. The van der Waals surface area contributed by atoms with Crippen molar-refractivity contribution in [2.45, 2.75) is 6.42 Å². The number of carboxylic acid groups (broad SMARTS) is 1. The summed E-state index contributed by atoms with van der Waals surface area (Å²) in [5.41, 5.74) is 2.10. The third-order valence-corrected chi connectivity index (χ3v) is 3.59. The molecule has 0 radical (unpaired) electrons. The van der Waals surface area contributed by atoms with Gasteiger partial charge in [0, 0.05) is 24.6 Å². The van der Waals surface area contributed by atoms with E-state index in [1.165, 1.54) is 0 Å². The zero-order chi connectivity index (χ0) is 14.8. The van der Waals surface area contributed by atoms with Crippen molar-refractivity contribution in [2.24, 2.45) is 5.92 Å². The fourth-order valence-electron chi connectivity index (χ4n) is 2.47. The predicted molar refractivity (Wildman–Crippen MR) is 75.7 cm³/mol. The number of hydrogen-bond acceptors (Lipinski definition) is 3. The molecule has 3 rings (SSSR count). The molecule has 1 amide bonds. The minimum absolute atomic E-state index is 0.0583. The summed E-state index contributed by atoms with van der Waals surface area (Å²) in [6, 6.07) is 11.3. The SMILES string of the molecule is O=C(O)CC1CN(C(=O)c2cc(-c3ccccc3)n[nH]2)C1. The number of benzene rings is 1. The Morgan fingerprint density at radius 2 is 2.00 bits per heavy atom. The molecule has 1 aliphatic heterocycles. The monoisotopic (exact) mass is 285 g/mol. The van der Waals surface area contributed by atoms with E-state index in [4.69, 9.17) is 5.11 Å². The molecule has 0 spiro atoms. The van der Waals surface area contributed by atoms with E-state index < -0.39 is 5.97 Å². The molecule has 0 saturated carbocycles. The number of likely N-dealkylation sites (tertiary alicyclic amines) is 1. The van der Waals surface area contributed by atoms with Crippen LogP contribution >= 0.6 is 0 Å². The van der Waals surface area contributed by atoms with E-state index in [-0.39, 0.29) is 18.2 Å². The van der Waals surface area contributed by atoms with Gasteiger partial charge in [-0.1, -0.05) is 30.3 Å². The van der Waals surface area contributed by atoms with Gasteiger partial charge in [0.1, 0.15) is 5.69 Å². The van der Waals surface area contributed by atoms with Crippen LogP contribution in [0.3, 0.4) is 0 Å². The van der Waals surface area contributed by atoms with Crippen molar-refractivity contribution in [2.75, 3.05) is 13.1 Å². The van der Waals surface area contributed by atoms with Gasteiger partial charge in [0.2, 0.25) is 0 Å². The Kier molecular flexibility index (Phi) is 3.43. The van der Waals surface area contributed by atoms with Crippen molar-refractivity contribution >= 4 is 11.9 Å². The minimum atomic E-state index is -0.819. The molecule has 0 unspecified atom stereocenters. The summed E-state index contributed by atoms with van der Waals surface area (Å²) in [7, 11) is 0. The molecule has 2 aromatic rings. The highest BCUT2D eigenvalue weighted by Crippen LogP contribution is 2.23. The lowest BCUT2D eigenvalue weighted by molar-refractivity contribution is -0.139. The summed E-state index contributed by atoms with van der Waals surface area (Å²) in [5.74, 6) is -0.894. The Morgan fingerprint density at radius 1 is 1.29 bits per heavy atom. The third-order valence-electron chi connectivity index (χ3n) is 3.59. The summed E-state index contributed by atoms with van der Waals surface area (Å²) in [4.78, 5) is 24.4. The van der Waals surface area contributed by atoms with E-state index in [0.29, 0.717) is 18.8 Å². The molecular formula is C15H15N3O3. The standard InChI is InChI=1S/C15H15N3O3/c19-14(20)6-10-8-18(9-10)15(21)13-7-12(16-17-13)11-4-2-1-3-5-11/h1-5,7,10H,6,8-9H2,(H,16,17)(H,19,20). The predicted octanol–water partition coefficient (Wildman–Crippen LogP) is 1.62. The van der Waals surface area contributed by atoms with Gasteiger partial charge in [0.05, 0.1) is 12.1 Å². The molecule has 2 heterocycles. The second kappa shape index (κ2) is 5.40. The van der Waals surface area contributed by atoms with Crippen molar-refractivity contribution in [1.82, 2.24) is 15.1 Å². The van der Waals surface area contributed by atoms with E-state index >= 15 is 0 Å². The van der Waals surface area contributed by atoms with Crippen molar-refractivity contribution < 1.29 is 14.7 Å². The number of rotatable bonds is 4. The molecule has 1 aliphatic rings. The molecule has 1 fully saturated rings. The number of nitrogens with zero attached hydrogens (tertiary/aromatic N) is 2. The van der Waals surface area contributed by atoms with Gasteiger partial charge in [-0.2, -0.15) is 5.10 Å². The maximum absolute atomic E-state index is 12.2. The second-order valence-corrected chi connectivity index (χ2v) is 5.21. The molecule has 21 heavy (non-hydrogen) atoms. The first-order valence-corrected chi connectivity index (χ1v) is 6.75. The van der Waals surface area contributed by atoms with Crippen molar-refractivity contribution in [3.8, 4) is 11.3 Å². The molecule has 108 valence electrons. The summed E-state index contributed by atoms with van der Waals surface area (Å²) in [5, 5.41) is 15.6. The van der Waals surface area contributed by atoms with Crippen LogP contribution in [0.5, 0.6) is 0 Å². The molecule has 0 bridgehead atoms. The number of carboxylic acids is 1. The number of aromatic nitrogens is 2. The Morgan fingerprint density at radius 3 is 2.67 bits per heavy atom. The van der Waals surface area contributed by atoms with Gasteiger partial charge in [0.25, 0.3) is 5.91 Å². The van der Waals surface area contributed by atoms with Crippen LogP contribution in [0.4, 0.5) is 0 Å². The smallest absolute Gasteiger partial charge is 0.303 e. The zero-order valence-electron chi connectivity index (χ0n) is 11.3. The van der Waals surface area contributed by atoms with Gasteiger partial charge in [-0.25, -0.2) is 0 Å². The number of hydrogen-bond donors (Lipinski definition) is 2. The molecule has 0 atom stereocenters. The van der Waals surface area contributed by atoms with Gasteiger partial charge in [0.15, 0.2) is 0 Å². The molecule has 1 aromatic heterocycles. The fourth-order valence-corrected chi connectivity index (χ4v) is 2.47. The lowest BCUT2D eigenvalue weighted by atomic mass is 9.96. The normalized spacial score (nSPS) is 14.8. The first kappa shape index (κ1) is 13.4. The van der Waals surface area contributed by atoms with Crippen LogP contribution in [0.15, 0.2) is 36.4 Å². The summed E-state index contributed by atoms with van der Waals surface area (Å²) >= 11 is 0. The number of aliphatic carboxylic acids is 1. The Labute approximate surface area is 121 Å². The minimum Gasteiger partial charge on any atom is -0.481 e. The van der Waals surface area contributed by atoms with Gasteiger partial charge >= 0.3 is 5.97 Å². The number of carbonyl (C=O) groups is 2. The van der Waals surface area contributed by atoms with Crippen molar-refractivity contribution in [3.05, 3.63) is 42.1 Å². The summed E-state index contributed by atoms with van der Waals surface area (Å²) < 4.78 is 0. The van der Waals surface area contributed by atoms with Crippen LogP contribution in [0, 0.1) is 5.92 Å². The highest BCUT2D eigenvalue weighted by Gasteiger charge is 2.33. The maximum Gasteiger partial charge on any atom is 0.303 e. The van der Waals surface area contributed by atoms with Gasteiger partial charge in [-0.05, 0) is 6.07 Å². The van der Waals surface area contributed by atoms with E-state index in [1.54, 1.807) is 11.0 Å². The van der Waals surface area contributed by atoms with Crippen LogP contribution < -0.4 is 0 Å². The largest absolute Gasteiger partial charge is 0.481 e. The fraction of sp³-hybridized carbons (Fsp3) is 0.267. The molecule has 0 aliphatic carbocycles. The van der Waals surface area contributed by atoms with E-state index in [2.05, 4.69) is 10.2 Å². The molecule has 6 nitrogen and oxygen atoms in total. The highest BCUT2D eigenvalue weighted by atomic mass is 16.4. The van der Waals surface area contributed by atoms with Crippen LogP contribution in [0.2, 0.25) is 0 Å². The number of H-pyrrole nitrogens is 1. The average molecular weight is 285 g/mol. The quantitative estimate of drug-likeness (QED) is 0.893. The molecule has 1 saturated heterocycles. The third kappa shape index (κ3) is 2.79. The number of carbonyl (C=O) groups excluding carboxylic acids is 1. The van der Waals surface area contributed by atoms with E-state index in [9.17, 15) is 9.59 Å². The summed E-state index contributed by atoms with van der Waals surface area (Å²) in [6.45, 7) is 0.982. The van der Waals surface area contributed by atoms with E-state index in [0.717, 1.165) is 11.3 Å². The second-order valence-electron chi connectivity index (χ2n) is 5.21. The maximum atomic E-state index is 12.2. The summed E-state index contributed by atoms with van der Waals surface area (Å²) in [6.07, 6.45) is 0.113. The van der Waals surface area contributed by atoms with Gasteiger partial charge in [-0.15, -0.1) is 0 Å². The van der Waals surface area contributed by atoms with Crippen molar-refractivity contribution in [3.63, 3.8) is 0 Å². The van der Waals surface area contributed by atoms with Crippen molar-refractivity contribution in [1.29, 1.82) is 0 Å². The van der Waals surface area contributed by atoms with Crippen LogP contribution in [-0.2, 0) is 4.79 Å². The number of amides is 1. The number of nitrogens with one attached hydrogen (secondary N) is 1. The Bertz CT molecular complexity index is 660. The molecule has 6 heteroatoms. The molecular weight excluding hydrogens is 270 g/mol. The van der Waals surface area contributed by atoms with Crippen LogP contribution in [-0.4, -0.2) is 45.2 Å². The first-order chi connectivity index (χ1) is 10.1. The van der Waals surface area contributed by atoms with Crippen LogP contribution in [0.1, 0.15) is 16.9 Å². The highest BCUT2D eigenvalue weighted by molar-refractivity contribution is 5.94. The van der Waals surface area contributed by atoms with Crippen LogP contribution in [0.25, 0.3) is 11.3 Å². The van der Waals surface area contributed by atoms with Gasteiger partial charge in [-0.3, -0.25) is 14.7 Å². The lowest BCUT2D eigenvalue weighted by Gasteiger charge is -2.38. The first-order valence-electron chi connectivity index (χ1n) is 6.75. The molecule has 1 aromatic carbocycles. The van der Waals surface area contributed by atoms with Gasteiger partial charge < -0.3 is 10.0 Å². The zero-order valence-corrected chi connectivity index (χ0v) is 11.3.